The van der Waals surface area contributed by atoms with Crippen LogP contribution in [-0.4, -0.2) is 59.7 Å². The molecule has 4 rings (SSSR count). The van der Waals surface area contributed by atoms with Gasteiger partial charge in [-0.1, -0.05) is 24.3 Å². The molecule has 1 fully saturated rings. The molecule has 3 heterocycles. The summed E-state index contributed by atoms with van der Waals surface area (Å²) in [5.41, 5.74) is 2.85. The summed E-state index contributed by atoms with van der Waals surface area (Å²) < 4.78 is 6.03. The molecule has 0 amide bonds. The van der Waals surface area contributed by atoms with Gasteiger partial charge in [-0.05, 0) is 30.0 Å². The van der Waals surface area contributed by atoms with Crippen molar-refractivity contribution in [3.05, 3.63) is 53.9 Å². The Labute approximate surface area is 173 Å². The largest absolute Gasteiger partial charge is 0.412 e. The number of hydrogen-bond acceptors (Lipinski definition) is 5. The van der Waals surface area contributed by atoms with Crippen molar-refractivity contribution >= 4 is 30.8 Å². The molecule has 1 aromatic carbocycles. The Morgan fingerprint density at radius 2 is 1.67 bits per heavy atom. The van der Waals surface area contributed by atoms with Gasteiger partial charge in [0.05, 0.1) is 12.7 Å². The molecule has 150 valence electrons. The van der Waals surface area contributed by atoms with Crippen LogP contribution in [0.4, 0.5) is 5.95 Å². The van der Waals surface area contributed by atoms with Crippen LogP contribution in [0.15, 0.2) is 42.7 Å². The number of fused-ring (bicyclic) bond motifs is 1. The average Bonchev–Trinajstić information content (AvgIpc) is 2.67. The van der Waals surface area contributed by atoms with E-state index in [0.717, 1.165) is 58.1 Å². The molecule has 2 N–H and O–H groups in total. The highest BCUT2D eigenvalue weighted by Crippen LogP contribution is 2.29. The molecule has 0 radical (unpaired) electrons. The Morgan fingerprint density at radius 3 is 2.41 bits per heavy atom. The van der Waals surface area contributed by atoms with E-state index >= 15 is 0 Å². The highest BCUT2D eigenvalue weighted by molar-refractivity contribution is 5.85. The van der Waals surface area contributed by atoms with Crippen molar-refractivity contribution in [3.8, 4) is 0 Å². The van der Waals surface area contributed by atoms with E-state index in [1.54, 1.807) is 0 Å². The van der Waals surface area contributed by atoms with Gasteiger partial charge >= 0.3 is 0 Å². The van der Waals surface area contributed by atoms with E-state index in [1.807, 2.05) is 18.5 Å². The zero-order valence-corrected chi connectivity index (χ0v) is 16.9. The van der Waals surface area contributed by atoms with Gasteiger partial charge in [-0.25, -0.2) is 9.97 Å². The molecule has 8 heteroatoms. The van der Waals surface area contributed by atoms with Gasteiger partial charge in [0.25, 0.3) is 0 Å². The zero-order valence-electron chi connectivity index (χ0n) is 15.3. The zero-order chi connectivity index (χ0) is 16.2. The number of rotatable bonds is 4. The van der Waals surface area contributed by atoms with Crippen molar-refractivity contribution in [1.82, 2.24) is 14.9 Å². The predicted molar refractivity (Wildman–Crippen MR) is 112 cm³/mol. The van der Waals surface area contributed by atoms with Crippen LogP contribution in [0.25, 0.3) is 0 Å². The van der Waals surface area contributed by atoms with Crippen molar-refractivity contribution in [2.75, 3.05) is 44.2 Å². The maximum Gasteiger partial charge on any atom is 0.225 e. The number of aromatic nitrogens is 2. The SMILES string of the molecule is Cl.Cl.O.c1cnc(N2CCN(CCC3OCCc4ccccc43)CC2)nc1. The minimum Gasteiger partial charge on any atom is -0.412 e. The quantitative estimate of drug-likeness (QED) is 0.767. The first kappa shape index (κ1) is 23.6. The van der Waals surface area contributed by atoms with Crippen LogP contribution in [0.1, 0.15) is 23.7 Å². The van der Waals surface area contributed by atoms with Gasteiger partial charge in [0, 0.05) is 45.1 Å². The van der Waals surface area contributed by atoms with E-state index in [0.29, 0.717) is 0 Å². The normalized spacial score (nSPS) is 19.1. The van der Waals surface area contributed by atoms with Crippen molar-refractivity contribution in [1.29, 1.82) is 0 Å². The number of halogens is 2. The highest BCUT2D eigenvalue weighted by Gasteiger charge is 2.23. The summed E-state index contributed by atoms with van der Waals surface area (Å²) in [7, 11) is 0. The Hall–Kier alpha value is -1.44. The first-order valence-corrected chi connectivity index (χ1v) is 8.84. The van der Waals surface area contributed by atoms with Crippen LogP contribution >= 0.6 is 24.8 Å². The van der Waals surface area contributed by atoms with Crippen molar-refractivity contribution < 1.29 is 10.2 Å². The topological polar surface area (TPSA) is 73.0 Å². The highest BCUT2D eigenvalue weighted by atomic mass is 35.5. The second-order valence-electron chi connectivity index (χ2n) is 6.47. The van der Waals surface area contributed by atoms with E-state index in [2.05, 4.69) is 44.0 Å². The molecule has 1 atom stereocenters. The lowest BCUT2D eigenvalue weighted by Crippen LogP contribution is -2.47. The van der Waals surface area contributed by atoms with Crippen molar-refractivity contribution in [3.63, 3.8) is 0 Å². The molecular weight excluding hydrogens is 387 g/mol. The fraction of sp³-hybridized carbons (Fsp3) is 0.474. The van der Waals surface area contributed by atoms with Crippen LogP contribution in [0.3, 0.4) is 0 Å². The lowest BCUT2D eigenvalue weighted by atomic mass is 9.95. The predicted octanol–water partition coefficient (Wildman–Crippen LogP) is 2.32. The molecule has 2 aliphatic heterocycles. The summed E-state index contributed by atoms with van der Waals surface area (Å²) in [6.45, 7) is 6.04. The first-order valence-electron chi connectivity index (χ1n) is 8.84. The lowest BCUT2D eigenvalue weighted by molar-refractivity contribution is 0.0289. The van der Waals surface area contributed by atoms with E-state index in [1.165, 1.54) is 11.1 Å². The minimum absolute atomic E-state index is 0. The molecule has 1 saturated heterocycles. The fourth-order valence-corrected chi connectivity index (χ4v) is 3.64. The monoisotopic (exact) mass is 414 g/mol. The molecular formula is C19H28Cl2N4O2. The third kappa shape index (κ3) is 5.77. The number of piperazine rings is 1. The lowest BCUT2D eigenvalue weighted by Gasteiger charge is -2.35. The van der Waals surface area contributed by atoms with Crippen LogP contribution in [0.2, 0.25) is 0 Å². The van der Waals surface area contributed by atoms with Gasteiger partial charge in [-0.3, -0.25) is 4.90 Å². The number of benzene rings is 1. The molecule has 2 aliphatic rings. The third-order valence-corrected chi connectivity index (χ3v) is 5.01. The Balaban J connectivity index is 0.00000121. The maximum atomic E-state index is 6.03. The second-order valence-corrected chi connectivity index (χ2v) is 6.47. The number of anilines is 1. The van der Waals surface area contributed by atoms with E-state index in [-0.39, 0.29) is 36.4 Å². The van der Waals surface area contributed by atoms with Crippen LogP contribution in [-0.2, 0) is 11.2 Å². The summed E-state index contributed by atoms with van der Waals surface area (Å²) in [5.74, 6) is 0.849. The molecule has 6 nitrogen and oxygen atoms in total. The Morgan fingerprint density at radius 1 is 0.963 bits per heavy atom. The van der Waals surface area contributed by atoms with Crippen LogP contribution in [0, 0.1) is 0 Å². The van der Waals surface area contributed by atoms with Gasteiger partial charge < -0.3 is 15.1 Å². The average molecular weight is 415 g/mol. The maximum absolute atomic E-state index is 6.03. The van der Waals surface area contributed by atoms with Crippen LogP contribution < -0.4 is 4.90 Å². The Bertz CT molecular complexity index is 670. The molecule has 0 spiro atoms. The van der Waals surface area contributed by atoms with Crippen molar-refractivity contribution in [2.24, 2.45) is 0 Å². The summed E-state index contributed by atoms with van der Waals surface area (Å²) >= 11 is 0. The van der Waals surface area contributed by atoms with Gasteiger partial charge in [0.1, 0.15) is 0 Å². The standard InChI is InChI=1S/C19H24N4O.2ClH.H2O/c1-2-5-17-16(4-1)7-15-24-18(17)6-10-22-11-13-23(14-12-22)19-20-8-3-9-21-19;;;/h1-5,8-9,18H,6-7,10-15H2;2*1H;1H2. The molecule has 1 unspecified atom stereocenters. The first-order chi connectivity index (χ1) is 11.9. The van der Waals surface area contributed by atoms with E-state index in [4.69, 9.17) is 4.74 Å². The molecule has 27 heavy (non-hydrogen) atoms. The third-order valence-electron chi connectivity index (χ3n) is 5.01. The van der Waals surface area contributed by atoms with Gasteiger partial charge in [-0.2, -0.15) is 0 Å². The summed E-state index contributed by atoms with van der Waals surface area (Å²) in [5, 5.41) is 0. The number of nitrogens with zero attached hydrogens (tertiary/aromatic N) is 4. The van der Waals surface area contributed by atoms with Gasteiger partial charge in [0.2, 0.25) is 5.95 Å². The van der Waals surface area contributed by atoms with Gasteiger partial charge in [-0.15, -0.1) is 24.8 Å². The van der Waals surface area contributed by atoms with Crippen LogP contribution in [0.5, 0.6) is 0 Å². The number of ether oxygens (including phenoxy) is 1. The summed E-state index contributed by atoms with van der Waals surface area (Å²) in [6.07, 6.45) is 5.99. The minimum atomic E-state index is 0. The second kappa shape index (κ2) is 11.4. The number of hydrogen-bond donors (Lipinski definition) is 0. The molecule has 0 aliphatic carbocycles. The molecule has 1 aromatic heterocycles. The summed E-state index contributed by atoms with van der Waals surface area (Å²) in [6, 6.07) is 10.6. The molecule has 2 aromatic rings. The molecule has 0 bridgehead atoms. The Kier molecular flexibility index (Phi) is 9.98. The smallest absolute Gasteiger partial charge is 0.225 e. The van der Waals surface area contributed by atoms with Crippen molar-refractivity contribution in [2.45, 2.75) is 18.9 Å². The molecule has 0 saturated carbocycles. The van der Waals surface area contributed by atoms with Gasteiger partial charge in [0.15, 0.2) is 0 Å². The van der Waals surface area contributed by atoms with E-state index in [9.17, 15) is 0 Å². The summed E-state index contributed by atoms with van der Waals surface area (Å²) in [4.78, 5) is 13.5. The van der Waals surface area contributed by atoms with E-state index < -0.39 is 0 Å². The fourth-order valence-electron chi connectivity index (χ4n) is 3.64.